The number of aryl methyl sites for hydroxylation is 1. The normalized spacial score (nSPS) is 12.0. The lowest BCUT2D eigenvalue weighted by atomic mass is 10.2. The van der Waals surface area contributed by atoms with Gasteiger partial charge < -0.3 is 4.52 Å². The number of halogens is 3. The topological polar surface area (TPSA) is 70.0 Å². The highest BCUT2D eigenvalue weighted by atomic mass is 19.4. The second-order valence-corrected chi connectivity index (χ2v) is 4.99. The number of benzene rings is 1. The molecule has 0 saturated heterocycles. The predicted molar refractivity (Wildman–Crippen MR) is 74.6 cm³/mol. The molecular formula is C14H10F3N3O3. The summed E-state index contributed by atoms with van der Waals surface area (Å²) in [6, 6.07) is 4.76. The summed E-state index contributed by atoms with van der Waals surface area (Å²) in [4.78, 5) is 24.2. The molecule has 0 aliphatic rings. The second kappa shape index (κ2) is 4.83. The minimum atomic E-state index is -4.79. The molecule has 0 saturated carbocycles. The van der Waals surface area contributed by atoms with Crippen LogP contribution in [0.1, 0.15) is 11.4 Å². The minimum Gasteiger partial charge on any atom is -0.356 e. The molecule has 0 aliphatic carbocycles. The van der Waals surface area contributed by atoms with Gasteiger partial charge in [0.2, 0.25) is 0 Å². The fourth-order valence-electron chi connectivity index (χ4n) is 2.32. The van der Waals surface area contributed by atoms with Crippen LogP contribution in [-0.4, -0.2) is 14.3 Å². The molecule has 0 radical (unpaired) electrons. The Morgan fingerprint density at radius 3 is 2.52 bits per heavy atom. The highest BCUT2D eigenvalue weighted by Crippen LogP contribution is 2.27. The Kier molecular flexibility index (Phi) is 3.17. The summed E-state index contributed by atoms with van der Waals surface area (Å²) in [5, 5.41) is 4.31. The van der Waals surface area contributed by atoms with E-state index in [1.807, 2.05) is 0 Å². The van der Waals surface area contributed by atoms with Crippen LogP contribution in [0.15, 0.2) is 38.4 Å². The summed E-state index contributed by atoms with van der Waals surface area (Å²) >= 11 is 0. The zero-order chi connectivity index (χ0) is 16.9. The summed E-state index contributed by atoms with van der Waals surface area (Å²) in [7, 11) is 0.963. The maximum atomic E-state index is 12.8. The summed E-state index contributed by atoms with van der Waals surface area (Å²) in [6.45, 7) is 1.67. The Hall–Kier alpha value is -2.84. The number of hydrogen-bond donors (Lipinski definition) is 0. The van der Waals surface area contributed by atoms with Crippen molar-refractivity contribution in [2.24, 2.45) is 7.05 Å². The van der Waals surface area contributed by atoms with E-state index in [0.717, 1.165) is 7.05 Å². The first-order valence-corrected chi connectivity index (χ1v) is 6.47. The van der Waals surface area contributed by atoms with E-state index in [-0.39, 0.29) is 5.69 Å². The van der Waals surface area contributed by atoms with E-state index in [0.29, 0.717) is 31.9 Å². The van der Waals surface area contributed by atoms with E-state index < -0.39 is 23.1 Å². The lowest BCUT2D eigenvalue weighted by Crippen LogP contribution is -2.40. The van der Waals surface area contributed by atoms with Crippen LogP contribution >= 0.6 is 0 Å². The standard InChI is InChI=1S/C14H10F3N3O3/c1-7-9-5-8(3-4-10(9)23-18-7)20-12(21)6-11(14(15,16)17)19(2)13(20)22/h3-6H,1-2H3. The van der Waals surface area contributed by atoms with Crippen molar-refractivity contribution in [3.05, 3.63) is 56.5 Å². The fourth-order valence-corrected chi connectivity index (χ4v) is 2.32. The number of aromatic nitrogens is 3. The third-order valence-electron chi connectivity index (χ3n) is 3.50. The third-order valence-corrected chi connectivity index (χ3v) is 3.50. The van der Waals surface area contributed by atoms with Crippen molar-refractivity contribution in [2.75, 3.05) is 0 Å². The van der Waals surface area contributed by atoms with Gasteiger partial charge in [0, 0.05) is 18.5 Å². The Balaban J connectivity index is 2.31. The van der Waals surface area contributed by atoms with Crippen LogP contribution < -0.4 is 11.2 Å². The molecule has 0 N–H and O–H groups in total. The predicted octanol–water partition coefficient (Wildman–Crippen LogP) is 2.00. The maximum absolute atomic E-state index is 12.8. The van der Waals surface area contributed by atoms with Crippen molar-refractivity contribution in [2.45, 2.75) is 13.1 Å². The quantitative estimate of drug-likeness (QED) is 0.686. The van der Waals surface area contributed by atoms with Gasteiger partial charge in [0.1, 0.15) is 5.69 Å². The molecule has 0 amide bonds. The van der Waals surface area contributed by atoms with Crippen LogP contribution in [-0.2, 0) is 13.2 Å². The Labute approximate surface area is 126 Å². The largest absolute Gasteiger partial charge is 0.431 e. The van der Waals surface area contributed by atoms with Gasteiger partial charge in [0.05, 0.1) is 11.4 Å². The van der Waals surface area contributed by atoms with Gasteiger partial charge in [-0.05, 0) is 25.1 Å². The summed E-state index contributed by atoms with van der Waals surface area (Å²) in [6.07, 6.45) is -4.79. The van der Waals surface area contributed by atoms with Crippen LogP contribution in [0.2, 0.25) is 0 Å². The van der Waals surface area contributed by atoms with Gasteiger partial charge in [-0.15, -0.1) is 0 Å². The number of nitrogens with zero attached hydrogens (tertiary/aromatic N) is 3. The summed E-state index contributed by atoms with van der Waals surface area (Å²) < 4.78 is 44.6. The molecule has 3 aromatic rings. The lowest BCUT2D eigenvalue weighted by molar-refractivity contribution is -0.144. The second-order valence-electron chi connectivity index (χ2n) is 4.99. The van der Waals surface area contributed by atoms with E-state index in [2.05, 4.69) is 5.16 Å². The summed E-state index contributed by atoms with van der Waals surface area (Å²) in [5.74, 6) is 0. The molecule has 120 valence electrons. The molecule has 0 aliphatic heterocycles. The van der Waals surface area contributed by atoms with E-state index in [1.165, 1.54) is 18.2 Å². The number of rotatable bonds is 1. The molecule has 0 bridgehead atoms. The number of alkyl halides is 3. The van der Waals surface area contributed by atoms with E-state index >= 15 is 0 Å². The molecule has 6 nitrogen and oxygen atoms in total. The fraction of sp³-hybridized carbons (Fsp3) is 0.214. The van der Waals surface area contributed by atoms with E-state index in [4.69, 9.17) is 4.52 Å². The molecule has 3 rings (SSSR count). The molecule has 0 unspecified atom stereocenters. The monoisotopic (exact) mass is 325 g/mol. The molecule has 2 aromatic heterocycles. The van der Waals surface area contributed by atoms with Crippen molar-refractivity contribution in [1.82, 2.24) is 14.3 Å². The van der Waals surface area contributed by atoms with E-state index in [1.54, 1.807) is 6.92 Å². The van der Waals surface area contributed by atoms with Gasteiger partial charge >= 0.3 is 11.9 Å². The Morgan fingerprint density at radius 1 is 1.17 bits per heavy atom. The number of fused-ring (bicyclic) bond motifs is 1. The van der Waals surface area contributed by atoms with Gasteiger partial charge in [-0.25, -0.2) is 9.36 Å². The molecule has 0 fully saturated rings. The van der Waals surface area contributed by atoms with Gasteiger partial charge in [-0.3, -0.25) is 9.36 Å². The van der Waals surface area contributed by atoms with Crippen LogP contribution in [0.5, 0.6) is 0 Å². The molecular weight excluding hydrogens is 315 g/mol. The molecule has 9 heteroatoms. The first-order valence-electron chi connectivity index (χ1n) is 6.47. The molecule has 0 spiro atoms. The molecule has 1 aromatic carbocycles. The van der Waals surface area contributed by atoms with Crippen LogP contribution in [0.3, 0.4) is 0 Å². The first-order chi connectivity index (χ1) is 10.7. The maximum Gasteiger partial charge on any atom is 0.431 e. The van der Waals surface area contributed by atoms with Gasteiger partial charge in [0.25, 0.3) is 5.56 Å². The molecule has 2 heterocycles. The van der Waals surface area contributed by atoms with Crippen molar-refractivity contribution >= 4 is 11.0 Å². The van der Waals surface area contributed by atoms with Gasteiger partial charge in [0.15, 0.2) is 5.58 Å². The highest BCUT2D eigenvalue weighted by molar-refractivity contribution is 5.81. The highest BCUT2D eigenvalue weighted by Gasteiger charge is 2.35. The Bertz CT molecular complexity index is 1030. The van der Waals surface area contributed by atoms with Crippen LogP contribution in [0.25, 0.3) is 16.7 Å². The van der Waals surface area contributed by atoms with Gasteiger partial charge in [-0.1, -0.05) is 5.16 Å². The molecule has 23 heavy (non-hydrogen) atoms. The van der Waals surface area contributed by atoms with Crippen LogP contribution in [0.4, 0.5) is 13.2 Å². The summed E-state index contributed by atoms with van der Waals surface area (Å²) in [5.41, 5.74) is -2.32. The average Bonchev–Trinajstić information content (AvgIpc) is 2.83. The van der Waals surface area contributed by atoms with E-state index in [9.17, 15) is 22.8 Å². The zero-order valence-electron chi connectivity index (χ0n) is 12.0. The SMILES string of the molecule is Cc1noc2ccc(-n3c(=O)cc(C(F)(F)F)n(C)c3=O)cc12. The zero-order valence-corrected chi connectivity index (χ0v) is 12.0. The van der Waals surface area contributed by atoms with Crippen molar-refractivity contribution < 1.29 is 17.7 Å². The third kappa shape index (κ3) is 2.33. The first kappa shape index (κ1) is 15.1. The Morgan fingerprint density at radius 2 is 1.87 bits per heavy atom. The van der Waals surface area contributed by atoms with Crippen molar-refractivity contribution in [3.8, 4) is 5.69 Å². The minimum absolute atomic E-state index is 0.142. The van der Waals surface area contributed by atoms with Crippen molar-refractivity contribution in [3.63, 3.8) is 0 Å². The molecule has 0 atom stereocenters. The van der Waals surface area contributed by atoms with Gasteiger partial charge in [-0.2, -0.15) is 13.2 Å². The van der Waals surface area contributed by atoms with Crippen LogP contribution in [0, 0.1) is 6.92 Å². The smallest absolute Gasteiger partial charge is 0.356 e. The number of hydrogen-bond acceptors (Lipinski definition) is 4. The lowest BCUT2D eigenvalue weighted by Gasteiger charge is -2.13. The van der Waals surface area contributed by atoms with Crippen molar-refractivity contribution in [1.29, 1.82) is 0 Å². The average molecular weight is 325 g/mol.